The van der Waals surface area contributed by atoms with E-state index in [-0.39, 0.29) is 34.9 Å². The van der Waals surface area contributed by atoms with Gasteiger partial charge < -0.3 is 14.0 Å². The first-order valence-corrected chi connectivity index (χ1v) is 8.41. The highest BCUT2D eigenvalue weighted by Gasteiger charge is 2.20. The minimum Gasteiger partial charge on any atom is -0.484 e. The number of aryl methyl sites for hydroxylation is 1. The van der Waals surface area contributed by atoms with E-state index < -0.39 is 4.92 Å². The summed E-state index contributed by atoms with van der Waals surface area (Å²) >= 11 is 5.98. The van der Waals surface area contributed by atoms with Gasteiger partial charge in [0.2, 0.25) is 5.78 Å². The number of hydrogen-bond donors (Lipinski definition) is 0. The number of nitrogens with zero attached hydrogens (tertiary/aromatic N) is 2. The van der Waals surface area contributed by atoms with Crippen molar-refractivity contribution in [2.24, 2.45) is 0 Å². The Morgan fingerprint density at radius 1 is 1.35 bits per heavy atom. The number of nitro benzene ring substituents is 1. The van der Waals surface area contributed by atoms with Gasteiger partial charge in [0.1, 0.15) is 5.75 Å². The van der Waals surface area contributed by atoms with Gasteiger partial charge in [-0.15, -0.1) is 0 Å². The van der Waals surface area contributed by atoms with Crippen LogP contribution in [0, 0.1) is 24.0 Å². The van der Waals surface area contributed by atoms with Crippen LogP contribution in [0.4, 0.5) is 5.69 Å². The van der Waals surface area contributed by atoms with E-state index in [1.165, 1.54) is 18.2 Å². The van der Waals surface area contributed by atoms with Crippen molar-refractivity contribution in [2.45, 2.75) is 26.8 Å². The summed E-state index contributed by atoms with van der Waals surface area (Å²) in [6, 6.07) is 5.79. The molecule has 0 spiro atoms. The molecule has 1 aromatic carbocycles. The Hall–Kier alpha value is -2.38. The maximum Gasteiger partial charge on any atom is 0.271 e. The van der Waals surface area contributed by atoms with E-state index in [2.05, 4.69) is 4.57 Å². The Morgan fingerprint density at radius 2 is 2.04 bits per heavy atom. The summed E-state index contributed by atoms with van der Waals surface area (Å²) in [7, 11) is 1.64. The molecule has 2 rings (SSSR count). The molecule has 1 aromatic heterocycles. The number of hydrogen-bond acceptors (Lipinski definition) is 5. The average molecular weight is 381 g/mol. The summed E-state index contributed by atoms with van der Waals surface area (Å²) < 4.78 is 12.7. The van der Waals surface area contributed by atoms with Crippen molar-refractivity contribution >= 4 is 23.1 Å². The summed E-state index contributed by atoms with van der Waals surface area (Å²) in [5, 5.41) is 10.8. The Kier molecular flexibility index (Phi) is 6.39. The van der Waals surface area contributed by atoms with Crippen LogP contribution in [0.3, 0.4) is 0 Å². The topological polar surface area (TPSA) is 83.6 Å². The minimum atomic E-state index is -0.545. The van der Waals surface area contributed by atoms with E-state index in [0.29, 0.717) is 12.2 Å². The van der Waals surface area contributed by atoms with Crippen molar-refractivity contribution in [1.29, 1.82) is 0 Å². The normalized spacial score (nSPS) is 12.0. The summed E-state index contributed by atoms with van der Waals surface area (Å²) in [5.74, 6) is 0.0376. The Bertz CT molecular complexity index is 831. The van der Waals surface area contributed by atoms with Crippen molar-refractivity contribution in [3.05, 3.63) is 56.4 Å². The molecule has 140 valence electrons. The van der Waals surface area contributed by atoms with E-state index in [0.717, 1.165) is 11.4 Å². The highest BCUT2D eigenvalue weighted by atomic mass is 35.5. The SMILES string of the molecule is COC[C@H](C)n1c(C)cc(C(=O)COc2ccc([N+](=O)[O-])cc2Cl)c1C. The molecular weight excluding hydrogens is 360 g/mol. The molecule has 0 saturated carbocycles. The van der Waals surface area contributed by atoms with Crippen molar-refractivity contribution in [3.63, 3.8) is 0 Å². The number of methoxy groups -OCH3 is 1. The molecular formula is C18H21ClN2O5. The van der Waals surface area contributed by atoms with Gasteiger partial charge in [-0.25, -0.2) is 0 Å². The lowest BCUT2D eigenvalue weighted by Crippen LogP contribution is -2.16. The maximum atomic E-state index is 12.6. The number of carbonyl (C=O) groups is 1. The first-order valence-electron chi connectivity index (χ1n) is 8.03. The van der Waals surface area contributed by atoms with Crippen molar-refractivity contribution in [3.8, 4) is 5.75 Å². The molecule has 26 heavy (non-hydrogen) atoms. The first kappa shape index (κ1) is 19.9. The number of ketones is 1. The van der Waals surface area contributed by atoms with E-state index in [4.69, 9.17) is 21.1 Å². The molecule has 7 nitrogen and oxygen atoms in total. The van der Waals surface area contributed by atoms with Crippen LogP contribution < -0.4 is 4.74 Å². The van der Waals surface area contributed by atoms with Gasteiger partial charge in [0, 0.05) is 36.2 Å². The molecule has 0 unspecified atom stereocenters. The van der Waals surface area contributed by atoms with Gasteiger partial charge in [-0.3, -0.25) is 14.9 Å². The molecule has 0 radical (unpaired) electrons. The molecule has 0 aliphatic heterocycles. The van der Waals surface area contributed by atoms with Gasteiger partial charge >= 0.3 is 0 Å². The van der Waals surface area contributed by atoms with Gasteiger partial charge in [0.25, 0.3) is 5.69 Å². The number of ether oxygens (including phenoxy) is 2. The molecule has 1 atom stereocenters. The van der Waals surface area contributed by atoms with Crippen LogP contribution in [-0.4, -0.2) is 35.6 Å². The summed E-state index contributed by atoms with van der Waals surface area (Å²) in [5.41, 5.74) is 2.24. The van der Waals surface area contributed by atoms with Crippen LogP contribution in [0.25, 0.3) is 0 Å². The third-order valence-electron chi connectivity index (χ3n) is 4.12. The highest BCUT2D eigenvalue weighted by molar-refractivity contribution is 6.32. The van der Waals surface area contributed by atoms with Gasteiger partial charge in [-0.05, 0) is 32.9 Å². The number of aromatic nitrogens is 1. The smallest absolute Gasteiger partial charge is 0.271 e. The molecule has 0 aliphatic rings. The fourth-order valence-electron chi connectivity index (χ4n) is 2.99. The zero-order valence-electron chi connectivity index (χ0n) is 15.1. The van der Waals surface area contributed by atoms with Crippen LogP contribution in [0.2, 0.25) is 5.02 Å². The third kappa shape index (κ3) is 4.23. The van der Waals surface area contributed by atoms with Crippen molar-refractivity contribution in [1.82, 2.24) is 4.57 Å². The number of rotatable bonds is 8. The number of Topliss-reactive ketones (excluding diaryl/α,β-unsaturated/α-hetero) is 1. The van der Waals surface area contributed by atoms with Crippen LogP contribution in [0.1, 0.15) is 34.7 Å². The van der Waals surface area contributed by atoms with Gasteiger partial charge in [0.15, 0.2) is 6.61 Å². The Balaban J connectivity index is 2.14. The monoisotopic (exact) mass is 380 g/mol. The number of benzene rings is 1. The molecule has 1 heterocycles. The lowest BCUT2D eigenvalue weighted by Gasteiger charge is -2.17. The Labute approximate surface area is 156 Å². The van der Waals surface area contributed by atoms with Gasteiger partial charge in [-0.2, -0.15) is 0 Å². The number of non-ortho nitro benzene ring substituents is 1. The molecule has 0 amide bonds. The zero-order chi connectivity index (χ0) is 19.4. The van der Waals surface area contributed by atoms with Crippen LogP contribution in [0.15, 0.2) is 24.3 Å². The lowest BCUT2D eigenvalue weighted by atomic mass is 10.1. The standard InChI is InChI=1S/C18H21ClN2O5/c1-11-7-15(13(3)20(11)12(2)9-25-4)17(22)10-26-18-6-5-14(21(23)24)8-16(18)19/h5-8,12H,9-10H2,1-4H3/t12-/m0/s1. The molecule has 0 N–H and O–H groups in total. The molecule has 8 heteroatoms. The second-order valence-electron chi connectivity index (χ2n) is 6.04. The predicted molar refractivity (Wildman–Crippen MR) is 98.4 cm³/mol. The third-order valence-corrected chi connectivity index (χ3v) is 4.41. The molecule has 0 fully saturated rings. The van der Waals surface area contributed by atoms with E-state index in [1.807, 2.05) is 26.8 Å². The predicted octanol–water partition coefficient (Wildman–Crippen LogP) is 4.14. The van der Waals surface area contributed by atoms with Crippen molar-refractivity contribution in [2.75, 3.05) is 20.3 Å². The number of halogens is 1. The van der Waals surface area contributed by atoms with E-state index in [1.54, 1.807) is 7.11 Å². The summed E-state index contributed by atoms with van der Waals surface area (Å²) in [6.07, 6.45) is 0. The number of nitro groups is 1. The second-order valence-corrected chi connectivity index (χ2v) is 6.45. The fourth-order valence-corrected chi connectivity index (χ4v) is 3.22. The van der Waals surface area contributed by atoms with E-state index in [9.17, 15) is 14.9 Å². The summed E-state index contributed by atoms with van der Waals surface area (Å²) in [6.45, 7) is 6.17. The Morgan fingerprint density at radius 3 is 2.62 bits per heavy atom. The van der Waals surface area contributed by atoms with E-state index >= 15 is 0 Å². The van der Waals surface area contributed by atoms with Crippen LogP contribution in [-0.2, 0) is 4.74 Å². The zero-order valence-corrected chi connectivity index (χ0v) is 15.9. The van der Waals surface area contributed by atoms with Gasteiger partial charge in [0.05, 0.1) is 22.6 Å². The highest BCUT2D eigenvalue weighted by Crippen LogP contribution is 2.29. The molecule has 0 aliphatic carbocycles. The van der Waals surface area contributed by atoms with Crippen LogP contribution in [0.5, 0.6) is 5.75 Å². The van der Waals surface area contributed by atoms with Crippen LogP contribution >= 0.6 is 11.6 Å². The fraction of sp³-hybridized carbons (Fsp3) is 0.389. The largest absolute Gasteiger partial charge is 0.484 e. The molecule has 0 saturated heterocycles. The molecule has 0 bridgehead atoms. The first-order chi connectivity index (χ1) is 12.3. The minimum absolute atomic E-state index is 0.0891. The van der Waals surface area contributed by atoms with Gasteiger partial charge in [-0.1, -0.05) is 11.6 Å². The number of carbonyl (C=O) groups excluding carboxylic acids is 1. The molecule has 2 aromatic rings. The average Bonchev–Trinajstić information content (AvgIpc) is 2.88. The quantitative estimate of drug-likeness (QED) is 0.390. The van der Waals surface area contributed by atoms with Crippen molar-refractivity contribution < 1.29 is 19.2 Å². The summed E-state index contributed by atoms with van der Waals surface area (Å²) in [4.78, 5) is 22.7. The lowest BCUT2D eigenvalue weighted by molar-refractivity contribution is -0.384. The maximum absolute atomic E-state index is 12.6. The second kappa shape index (κ2) is 8.33.